The van der Waals surface area contributed by atoms with E-state index < -0.39 is 18.1 Å². The van der Waals surface area contributed by atoms with Crippen LogP contribution in [0.25, 0.3) is 0 Å². The van der Waals surface area contributed by atoms with Gasteiger partial charge in [0.25, 0.3) is 0 Å². The standard InChI is InChI=1S/C5H8N3O4/c1-11-4(9)7-3(6)8-5(10)12-2/h6H,1-2H3,(H,7,8,9,10). The lowest BCUT2D eigenvalue weighted by atomic mass is 10.9. The van der Waals surface area contributed by atoms with E-state index in [0.29, 0.717) is 0 Å². The fraction of sp³-hybridized carbons (Fsp3) is 0.400. The molecule has 2 N–H and O–H groups in total. The summed E-state index contributed by atoms with van der Waals surface area (Å²) in [7, 11) is 2.23. The number of alkyl carbamates (subject to hydrolysis) is 1. The number of carbonyl (C=O) groups is 2. The van der Waals surface area contributed by atoms with Crippen molar-refractivity contribution in [3.63, 3.8) is 0 Å². The zero-order valence-corrected chi connectivity index (χ0v) is 6.58. The van der Waals surface area contributed by atoms with Crippen molar-refractivity contribution in [1.82, 2.24) is 11.1 Å². The van der Waals surface area contributed by atoms with Crippen LogP contribution in [-0.4, -0.2) is 32.4 Å². The maximum atomic E-state index is 10.4. The summed E-state index contributed by atoms with van der Waals surface area (Å²) in [5.74, 6) is -0.631. The van der Waals surface area contributed by atoms with Crippen LogP contribution in [0.4, 0.5) is 9.59 Å². The van der Waals surface area contributed by atoms with Crippen LogP contribution < -0.4 is 11.1 Å². The first kappa shape index (κ1) is 10.2. The molecule has 0 aliphatic carbocycles. The van der Waals surface area contributed by atoms with Gasteiger partial charge in [-0.1, -0.05) is 0 Å². The second-order valence-electron chi connectivity index (χ2n) is 1.55. The Bertz CT molecular complexity index is 213. The predicted molar refractivity (Wildman–Crippen MR) is 38.5 cm³/mol. The lowest BCUT2D eigenvalue weighted by Crippen LogP contribution is -2.31. The molecule has 0 fully saturated rings. The van der Waals surface area contributed by atoms with Crippen molar-refractivity contribution in [2.24, 2.45) is 4.99 Å². The van der Waals surface area contributed by atoms with E-state index in [1.54, 1.807) is 0 Å². The van der Waals surface area contributed by atoms with E-state index in [0.717, 1.165) is 14.2 Å². The van der Waals surface area contributed by atoms with Gasteiger partial charge in [0.1, 0.15) is 0 Å². The average molecular weight is 174 g/mol. The first-order valence-electron chi connectivity index (χ1n) is 2.83. The lowest BCUT2D eigenvalue weighted by molar-refractivity contribution is 0.176. The van der Waals surface area contributed by atoms with Gasteiger partial charge < -0.3 is 9.47 Å². The molecule has 2 amide bonds. The van der Waals surface area contributed by atoms with Gasteiger partial charge in [-0.3, -0.25) is 11.1 Å². The summed E-state index contributed by atoms with van der Waals surface area (Å²) < 4.78 is 8.23. The number of nitrogens with zero attached hydrogens (tertiary/aromatic N) is 1. The highest BCUT2D eigenvalue weighted by molar-refractivity contribution is 5.97. The zero-order chi connectivity index (χ0) is 9.56. The van der Waals surface area contributed by atoms with Crippen LogP contribution >= 0.6 is 0 Å². The quantitative estimate of drug-likeness (QED) is 0.404. The Hall–Kier alpha value is -1.79. The molecule has 7 nitrogen and oxygen atoms in total. The molecule has 1 radical (unpaired) electrons. The zero-order valence-electron chi connectivity index (χ0n) is 6.58. The van der Waals surface area contributed by atoms with Gasteiger partial charge in [-0.15, -0.1) is 4.99 Å². The molecular formula is C5H8N3O4. The van der Waals surface area contributed by atoms with Crippen molar-refractivity contribution < 1.29 is 19.1 Å². The Morgan fingerprint density at radius 3 is 2.33 bits per heavy atom. The molecule has 0 aromatic carbocycles. The maximum Gasteiger partial charge on any atom is 0.436 e. The summed E-state index contributed by atoms with van der Waals surface area (Å²) in [6, 6.07) is 0. The van der Waals surface area contributed by atoms with Gasteiger partial charge in [-0.2, -0.15) is 0 Å². The number of carbonyl (C=O) groups excluding carboxylic acids is 2. The highest BCUT2D eigenvalue weighted by Crippen LogP contribution is 1.79. The first-order valence-corrected chi connectivity index (χ1v) is 2.83. The summed E-state index contributed by atoms with van der Waals surface area (Å²) in [6.07, 6.45) is -1.83. The largest absolute Gasteiger partial charge is 0.453 e. The second-order valence-corrected chi connectivity index (χ2v) is 1.55. The number of hydrogen-bond acceptors (Lipinski definition) is 4. The first-order chi connectivity index (χ1) is 5.60. The van der Waals surface area contributed by atoms with E-state index >= 15 is 0 Å². The lowest BCUT2D eigenvalue weighted by Gasteiger charge is -1.99. The van der Waals surface area contributed by atoms with Crippen LogP contribution in [0.1, 0.15) is 0 Å². The van der Waals surface area contributed by atoms with Crippen LogP contribution in [0.5, 0.6) is 0 Å². The minimum absolute atomic E-state index is 0.631. The van der Waals surface area contributed by atoms with Crippen molar-refractivity contribution in [2.45, 2.75) is 0 Å². The number of ether oxygens (including phenoxy) is 2. The number of aliphatic imine (C=N–C) groups is 1. The van der Waals surface area contributed by atoms with E-state index in [-0.39, 0.29) is 0 Å². The molecule has 0 rings (SSSR count). The van der Waals surface area contributed by atoms with Crippen molar-refractivity contribution in [2.75, 3.05) is 14.2 Å². The summed E-state index contributed by atoms with van der Waals surface area (Å²) >= 11 is 0. The average Bonchev–Trinajstić information content (AvgIpc) is 2.03. The fourth-order valence-corrected chi connectivity index (χ4v) is 0.313. The molecule has 67 valence electrons. The molecule has 0 unspecified atom stereocenters. The Morgan fingerprint density at radius 2 is 1.92 bits per heavy atom. The molecule has 12 heavy (non-hydrogen) atoms. The number of hydrogen-bond donors (Lipinski definition) is 1. The van der Waals surface area contributed by atoms with Crippen molar-refractivity contribution in [1.29, 1.82) is 0 Å². The molecule has 0 aliphatic heterocycles. The van der Waals surface area contributed by atoms with Crippen LogP contribution in [0.15, 0.2) is 4.99 Å². The fourth-order valence-electron chi connectivity index (χ4n) is 0.313. The molecule has 0 aliphatic rings. The molecule has 0 aromatic heterocycles. The SMILES string of the molecule is COC(=O)N=C([NH])NC(=O)OC. The molecule has 0 aromatic rings. The highest BCUT2D eigenvalue weighted by Gasteiger charge is 2.03. The summed E-state index contributed by atoms with van der Waals surface area (Å²) in [4.78, 5) is 23.8. The summed E-state index contributed by atoms with van der Waals surface area (Å²) in [5, 5.41) is 1.85. The van der Waals surface area contributed by atoms with Gasteiger partial charge in [-0.05, 0) is 0 Å². The Labute approximate surface area is 68.5 Å². The molecule has 0 heterocycles. The van der Waals surface area contributed by atoms with Crippen molar-refractivity contribution in [3.8, 4) is 0 Å². The highest BCUT2D eigenvalue weighted by atomic mass is 16.5. The number of amides is 2. The van der Waals surface area contributed by atoms with Crippen molar-refractivity contribution >= 4 is 18.1 Å². The van der Waals surface area contributed by atoms with E-state index in [1.165, 1.54) is 0 Å². The van der Waals surface area contributed by atoms with E-state index in [1.807, 2.05) is 5.32 Å². The van der Waals surface area contributed by atoms with Gasteiger partial charge in [-0.25, -0.2) is 9.59 Å². The summed E-state index contributed by atoms with van der Waals surface area (Å²) in [6.45, 7) is 0. The number of rotatable bonds is 0. The third-order valence-electron chi connectivity index (χ3n) is 0.784. The number of guanidine groups is 1. The molecule has 0 spiro atoms. The topological polar surface area (TPSA) is 101 Å². The number of nitrogens with one attached hydrogen (secondary N) is 2. The van der Waals surface area contributed by atoms with Crippen LogP contribution in [0.2, 0.25) is 0 Å². The third-order valence-corrected chi connectivity index (χ3v) is 0.784. The van der Waals surface area contributed by atoms with E-state index in [4.69, 9.17) is 5.73 Å². The van der Waals surface area contributed by atoms with E-state index in [2.05, 4.69) is 14.5 Å². The van der Waals surface area contributed by atoms with Crippen LogP contribution in [0, 0.1) is 0 Å². The van der Waals surface area contributed by atoms with Gasteiger partial charge in [0.15, 0.2) is 0 Å². The molecule has 7 heteroatoms. The minimum Gasteiger partial charge on any atom is -0.453 e. The Kier molecular flexibility index (Phi) is 4.20. The molecule has 0 saturated heterocycles. The van der Waals surface area contributed by atoms with Crippen molar-refractivity contribution in [3.05, 3.63) is 0 Å². The molecular weight excluding hydrogens is 166 g/mol. The van der Waals surface area contributed by atoms with Gasteiger partial charge >= 0.3 is 12.2 Å². The third kappa shape index (κ3) is 4.09. The minimum atomic E-state index is -0.962. The van der Waals surface area contributed by atoms with E-state index in [9.17, 15) is 9.59 Å². The van der Waals surface area contributed by atoms with Gasteiger partial charge in [0.05, 0.1) is 14.2 Å². The normalized spacial score (nSPS) is 10.3. The van der Waals surface area contributed by atoms with Crippen LogP contribution in [-0.2, 0) is 9.47 Å². The van der Waals surface area contributed by atoms with Gasteiger partial charge in [0, 0.05) is 0 Å². The molecule has 0 atom stereocenters. The molecule has 0 bridgehead atoms. The summed E-state index contributed by atoms with van der Waals surface area (Å²) in [5.41, 5.74) is 6.88. The predicted octanol–water partition coefficient (Wildman–Crippen LogP) is -0.252. The second kappa shape index (κ2) is 4.94. The Balaban J connectivity index is 4.02. The van der Waals surface area contributed by atoms with Crippen LogP contribution in [0.3, 0.4) is 0 Å². The van der Waals surface area contributed by atoms with Gasteiger partial charge in [0.2, 0.25) is 5.96 Å². The Morgan fingerprint density at radius 1 is 1.33 bits per heavy atom. The smallest absolute Gasteiger partial charge is 0.436 e. The molecule has 0 saturated carbocycles. The monoisotopic (exact) mass is 174 g/mol. The maximum absolute atomic E-state index is 10.4. The number of methoxy groups -OCH3 is 2.